The van der Waals surface area contributed by atoms with Crippen LogP contribution in [0.3, 0.4) is 0 Å². The molecule has 5 nitrogen and oxygen atoms in total. The molecule has 0 atom stereocenters. The van der Waals surface area contributed by atoms with Gasteiger partial charge in [-0.05, 0) is 19.1 Å². The molecule has 0 bridgehead atoms. The van der Waals surface area contributed by atoms with Crippen molar-refractivity contribution in [3.63, 3.8) is 0 Å². The molecule has 0 aliphatic heterocycles. The van der Waals surface area contributed by atoms with Crippen LogP contribution < -0.4 is 5.32 Å². The van der Waals surface area contributed by atoms with Crippen molar-refractivity contribution < 1.29 is 14.3 Å². The number of pyridine rings is 1. The summed E-state index contributed by atoms with van der Waals surface area (Å²) in [6, 6.07) is 8.83. The maximum absolute atomic E-state index is 12.0. The number of nitrogens with one attached hydrogen (secondary N) is 1. The van der Waals surface area contributed by atoms with Gasteiger partial charge in [0.25, 0.3) is 5.91 Å². The van der Waals surface area contributed by atoms with E-state index in [0.717, 1.165) is 5.39 Å². The number of nitrogens with zero attached hydrogens (tertiary/aromatic N) is 1. The third kappa shape index (κ3) is 3.92. The Bertz CT molecular complexity index is 673. The Balaban J connectivity index is 2.04. The molecule has 0 aliphatic rings. The van der Waals surface area contributed by atoms with Gasteiger partial charge in [0.05, 0.1) is 23.6 Å². The number of benzene rings is 1. The standard InChI is InChI=1S/C15H15ClN2O3/c1-2-21-14(19)7-8-17-15(20)13-9-11(16)10-5-3-4-6-12(10)18-13/h3-6,9H,2,7-8H2,1H3,(H,17,20). The SMILES string of the molecule is CCOC(=O)CCNC(=O)c1cc(Cl)c2ccccc2n1. The number of amides is 1. The van der Waals surface area contributed by atoms with Crippen LogP contribution in [0.5, 0.6) is 0 Å². The zero-order chi connectivity index (χ0) is 15.2. The first-order chi connectivity index (χ1) is 10.1. The summed E-state index contributed by atoms with van der Waals surface area (Å²) in [5.74, 6) is -0.714. The van der Waals surface area contributed by atoms with Crippen molar-refractivity contribution in [2.45, 2.75) is 13.3 Å². The van der Waals surface area contributed by atoms with Crippen molar-refractivity contribution >= 4 is 34.4 Å². The van der Waals surface area contributed by atoms with Gasteiger partial charge in [0, 0.05) is 11.9 Å². The van der Waals surface area contributed by atoms with E-state index in [1.807, 2.05) is 18.2 Å². The van der Waals surface area contributed by atoms with Crippen LogP contribution in [0.25, 0.3) is 10.9 Å². The average molecular weight is 307 g/mol. The molecule has 1 aromatic carbocycles. The van der Waals surface area contributed by atoms with E-state index in [4.69, 9.17) is 16.3 Å². The third-order valence-corrected chi connectivity index (χ3v) is 3.13. The zero-order valence-corrected chi connectivity index (χ0v) is 12.3. The van der Waals surface area contributed by atoms with Crippen LogP contribution in [0.15, 0.2) is 30.3 Å². The van der Waals surface area contributed by atoms with Gasteiger partial charge in [-0.25, -0.2) is 4.98 Å². The molecule has 21 heavy (non-hydrogen) atoms. The zero-order valence-electron chi connectivity index (χ0n) is 11.6. The van der Waals surface area contributed by atoms with Crippen LogP contribution in [0, 0.1) is 0 Å². The van der Waals surface area contributed by atoms with Crippen LogP contribution in [0.4, 0.5) is 0 Å². The van der Waals surface area contributed by atoms with Crippen LogP contribution in [0.2, 0.25) is 5.02 Å². The van der Waals surface area contributed by atoms with Crippen molar-refractivity contribution in [2.24, 2.45) is 0 Å². The van der Waals surface area contributed by atoms with Gasteiger partial charge < -0.3 is 10.1 Å². The van der Waals surface area contributed by atoms with E-state index in [-0.39, 0.29) is 30.5 Å². The van der Waals surface area contributed by atoms with Crippen LogP contribution >= 0.6 is 11.6 Å². The lowest BCUT2D eigenvalue weighted by Gasteiger charge is -2.07. The number of hydrogen-bond donors (Lipinski definition) is 1. The molecular weight excluding hydrogens is 292 g/mol. The molecule has 0 radical (unpaired) electrons. The summed E-state index contributed by atoms with van der Waals surface area (Å²) in [4.78, 5) is 27.4. The van der Waals surface area contributed by atoms with E-state index in [1.165, 1.54) is 6.07 Å². The molecule has 0 aliphatic carbocycles. The van der Waals surface area contributed by atoms with Crippen LogP contribution in [0.1, 0.15) is 23.8 Å². The summed E-state index contributed by atoms with van der Waals surface area (Å²) >= 11 is 6.14. The van der Waals surface area contributed by atoms with Crippen LogP contribution in [-0.4, -0.2) is 30.0 Å². The highest BCUT2D eigenvalue weighted by Crippen LogP contribution is 2.22. The summed E-state index contributed by atoms with van der Waals surface area (Å²) in [5, 5.41) is 3.88. The summed E-state index contributed by atoms with van der Waals surface area (Å²) in [7, 11) is 0. The van der Waals surface area contributed by atoms with E-state index in [9.17, 15) is 9.59 Å². The quantitative estimate of drug-likeness (QED) is 0.862. The Morgan fingerprint density at radius 3 is 2.86 bits per heavy atom. The molecule has 0 fully saturated rings. The largest absolute Gasteiger partial charge is 0.466 e. The van der Waals surface area contributed by atoms with E-state index in [0.29, 0.717) is 17.1 Å². The molecule has 2 aromatic rings. The monoisotopic (exact) mass is 306 g/mol. The molecule has 1 amide bonds. The summed E-state index contributed by atoms with van der Waals surface area (Å²) in [6.45, 7) is 2.26. The average Bonchev–Trinajstić information content (AvgIpc) is 2.47. The fourth-order valence-electron chi connectivity index (χ4n) is 1.85. The number of aromatic nitrogens is 1. The van der Waals surface area contributed by atoms with Crippen molar-refractivity contribution in [1.29, 1.82) is 0 Å². The van der Waals surface area contributed by atoms with Gasteiger partial charge in [0.1, 0.15) is 5.69 Å². The number of fused-ring (bicyclic) bond motifs is 1. The number of carbonyl (C=O) groups is 2. The topological polar surface area (TPSA) is 68.3 Å². The summed E-state index contributed by atoms with van der Waals surface area (Å²) in [6.07, 6.45) is 0.126. The van der Waals surface area contributed by atoms with Gasteiger partial charge in [-0.3, -0.25) is 9.59 Å². The normalized spacial score (nSPS) is 10.4. The number of ether oxygens (including phenoxy) is 1. The Hall–Kier alpha value is -2.14. The van der Waals surface area contributed by atoms with Gasteiger partial charge in [0.15, 0.2) is 0 Å². The predicted octanol–water partition coefficient (Wildman–Crippen LogP) is 2.57. The number of carbonyl (C=O) groups excluding carboxylic acids is 2. The van der Waals surface area contributed by atoms with Gasteiger partial charge in [-0.2, -0.15) is 0 Å². The molecule has 0 unspecified atom stereocenters. The molecule has 1 heterocycles. The fourth-order valence-corrected chi connectivity index (χ4v) is 2.11. The molecule has 1 aromatic heterocycles. The van der Waals surface area contributed by atoms with E-state index in [2.05, 4.69) is 10.3 Å². The Morgan fingerprint density at radius 1 is 1.33 bits per heavy atom. The van der Waals surface area contributed by atoms with E-state index in [1.54, 1.807) is 13.0 Å². The molecular formula is C15H15ClN2O3. The van der Waals surface area contributed by atoms with Gasteiger partial charge >= 0.3 is 5.97 Å². The van der Waals surface area contributed by atoms with Crippen molar-refractivity contribution in [1.82, 2.24) is 10.3 Å². The predicted molar refractivity (Wildman–Crippen MR) is 80.3 cm³/mol. The number of para-hydroxylation sites is 1. The van der Waals surface area contributed by atoms with Crippen molar-refractivity contribution in [2.75, 3.05) is 13.2 Å². The summed E-state index contributed by atoms with van der Waals surface area (Å²) in [5.41, 5.74) is 0.878. The maximum atomic E-state index is 12.0. The van der Waals surface area contributed by atoms with Gasteiger partial charge in [-0.1, -0.05) is 29.8 Å². The Morgan fingerprint density at radius 2 is 2.10 bits per heavy atom. The molecule has 0 saturated heterocycles. The van der Waals surface area contributed by atoms with Crippen molar-refractivity contribution in [3.05, 3.63) is 41.0 Å². The van der Waals surface area contributed by atoms with Gasteiger partial charge in [-0.15, -0.1) is 0 Å². The molecule has 0 saturated carbocycles. The number of hydrogen-bond acceptors (Lipinski definition) is 4. The first-order valence-corrected chi connectivity index (χ1v) is 6.98. The van der Waals surface area contributed by atoms with E-state index >= 15 is 0 Å². The summed E-state index contributed by atoms with van der Waals surface area (Å²) < 4.78 is 4.78. The second-order valence-corrected chi connectivity index (χ2v) is 4.72. The maximum Gasteiger partial charge on any atom is 0.307 e. The lowest BCUT2D eigenvalue weighted by atomic mass is 10.2. The molecule has 1 N–H and O–H groups in total. The lowest BCUT2D eigenvalue weighted by Crippen LogP contribution is -2.27. The Kier molecular flexibility index (Phi) is 5.11. The smallest absolute Gasteiger partial charge is 0.307 e. The molecule has 6 heteroatoms. The highest BCUT2D eigenvalue weighted by molar-refractivity contribution is 6.35. The lowest BCUT2D eigenvalue weighted by molar-refractivity contribution is -0.142. The minimum Gasteiger partial charge on any atom is -0.466 e. The number of halogens is 1. The van der Waals surface area contributed by atoms with Crippen LogP contribution in [-0.2, 0) is 9.53 Å². The fraction of sp³-hybridized carbons (Fsp3) is 0.267. The third-order valence-electron chi connectivity index (χ3n) is 2.82. The minimum absolute atomic E-state index is 0.126. The second-order valence-electron chi connectivity index (χ2n) is 4.32. The van der Waals surface area contributed by atoms with Gasteiger partial charge in [0.2, 0.25) is 0 Å². The molecule has 2 rings (SSSR count). The minimum atomic E-state index is -0.369. The highest BCUT2D eigenvalue weighted by atomic mass is 35.5. The van der Waals surface area contributed by atoms with Crippen molar-refractivity contribution in [3.8, 4) is 0 Å². The molecule has 110 valence electrons. The van der Waals surface area contributed by atoms with E-state index < -0.39 is 0 Å². The number of rotatable bonds is 5. The number of esters is 1. The molecule has 0 spiro atoms. The first-order valence-electron chi connectivity index (χ1n) is 6.61. The first kappa shape index (κ1) is 15.3. The second kappa shape index (κ2) is 7.04. The highest BCUT2D eigenvalue weighted by Gasteiger charge is 2.11. The Labute approximate surface area is 127 Å².